The Balaban J connectivity index is 2.24. The van der Waals surface area contributed by atoms with E-state index in [4.69, 9.17) is 0 Å². The summed E-state index contributed by atoms with van der Waals surface area (Å²) in [6.45, 7) is 2.97. The van der Waals surface area contributed by atoms with Gasteiger partial charge in [-0.05, 0) is 5.92 Å². The molecule has 1 amide bonds. The van der Waals surface area contributed by atoms with Crippen molar-refractivity contribution in [1.29, 1.82) is 0 Å². The summed E-state index contributed by atoms with van der Waals surface area (Å²) in [4.78, 5) is 12.4. The largest absolute Gasteiger partial charge is 0.416 e. The van der Waals surface area contributed by atoms with Gasteiger partial charge in [-0.2, -0.15) is 23.4 Å². The van der Waals surface area contributed by atoms with Crippen LogP contribution < -0.4 is 5.32 Å². The molecule has 10 heteroatoms. The number of rotatable bonds is 5. The molecule has 0 saturated heterocycles. The van der Waals surface area contributed by atoms with Crippen molar-refractivity contribution in [2.45, 2.75) is 32.2 Å². The number of nitrogens with zero attached hydrogens (tertiary/aromatic N) is 3. The van der Waals surface area contributed by atoms with E-state index in [-0.39, 0.29) is 5.56 Å². The van der Waals surface area contributed by atoms with Gasteiger partial charge in [0.25, 0.3) is 5.91 Å². The summed E-state index contributed by atoms with van der Waals surface area (Å²) in [6, 6.07) is -1.48. The summed E-state index contributed by atoms with van der Waals surface area (Å²) in [7, 11) is 1.69. The van der Waals surface area contributed by atoms with Gasteiger partial charge in [-0.25, -0.2) is 0 Å². The number of nitrogens with one attached hydrogen (secondary N) is 2. The third-order valence-electron chi connectivity index (χ3n) is 3.57. The molecule has 3 N–H and O–H groups in total. The smallest absolute Gasteiger partial charge is 0.382 e. The Hall–Kier alpha value is -2.36. The van der Waals surface area contributed by atoms with Crippen LogP contribution in [0.3, 0.4) is 0 Å². The van der Waals surface area contributed by atoms with E-state index in [1.165, 1.54) is 30.9 Å². The highest BCUT2D eigenvalue weighted by Crippen LogP contribution is 2.26. The summed E-state index contributed by atoms with van der Waals surface area (Å²) >= 11 is 0. The molecule has 7 nitrogen and oxygen atoms in total. The van der Waals surface area contributed by atoms with E-state index >= 15 is 0 Å². The minimum absolute atomic E-state index is 0.0722. The van der Waals surface area contributed by atoms with Crippen LogP contribution in [-0.4, -0.2) is 49.3 Å². The monoisotopic (exact) mass is 345 g/mol. The molecule has 24 heavy (non-hydrogen) atoms. The second-order valence-electron chi connectivity index (χ2n) is 5.79. The maximum Gasteiger partial charge on any atom is 0.416 e. The number of alkyl halides is 3. The molecule has 0 bridgehead atoms. The number of amides is 1. The van der Waals surface area contributed by atoms with Crippen molar-refractivity contribution in [3.8, 4) is 11.3 Å². The summed E-state index contributed by atoms with van der Waals surface area (Å²) < 4.78 is 39.8. The van der Waals surface area contributed by atoms with Crippen LogP contribution in [0.1, 0.15) is 24.2 Å². The summed E-state index contributed by atoms with van der Waals surface area (Å²) in [5, 5.41) is 22.1. The predicted molar refractivity (Wildman–Crippen MR) is 78.9 cm³/mol. The molecule has 2 aromatic rings. The van der Waals surface area contributed by atoms with Gasteiger partial charge in [0.05, 0.1) is 29.7 Å². The molecule has 0 saturated carbocycles. The zero-order valence-electron chi connectivity index (χ0n) is 13.3. The number of hydrogen-bond donors (Lipinski definition) is 3. The summed E-state index contributed by atoms with van der Waals surface area (Å²) in [6.07, 6.45) is -3.14. The van der Waals surface area contributed by atoms with Gasteiger partial charge in [-0.1, -0.05) is 13.8 Å². The second-order valence-corrected chi connectivity index (χ2v) is 5.79. The van der Waals surface area contributed by atoms with E-state index in [0.29, 0.717) is 11.3 Å². The quantitative estimate of drug-likeness (QED) is 0.765. The van der Waals surface area contributed by atoms with Crippen molar-refractivity contribution in [2.24, 2.45) is 13.0 Å². The minimum Gasteiger partial charge on any atom is -0.382 e. The lowest BCUT2D eigenvalue weighted by molar-refractivity contribution is -0.214. The molecule has 0 aliphatic heterocycles. The van der Waals surface area contributed by atoms with Gasteiger partial charge in [0.2, 0.25) is 0 Å². The zero-order valence-corrected chi connectivity index (χ0v) is 13.3. The van der Waals surface area contributed by atoms with Crippen molar-refractivity contribution >= 4 is 5.91 Å². The molecule has 0 radical (unpaired) electrons. The molecule has 0 aliphatic carbocycles. The van der Waals surface area contributed by atoms with Gasteiger partial charge < -0.3 is 10.4 Å². The normalized spacial score (nSPS) is 14.7. The molecule has 132 valence electrons. The van der Waals surface area contributed by atoms with Crippen LogP contribution >= 0.6 is 0 Å². The van der Waals surface area contributed by atoms with Crippen LogP contribution in [0.15, 0.2) is 18.6 Å². The van der Waals surface area contributed by atoms with E-state index in [1.54, 1.807) is 13.2 Å². The number of hydrogen-bond acceptors (Lipinski definition) is 4. The van der Waals surface area contributed by atoms with Gasteiger partial charge in [-0.15, -0.1) is 0 Å². The summed E-state index contributed by atoms with van der Waals surface area (Å²) in [5.41, 5.74) is 0.977. The number of carbonyl (C=O) groups is 1. The third kappa shape index (κ3) is 3.75. The fourth-order valence-corrected chi connectivity index (χ4v) is 2.27. The Morgan fingerprint density at radius 1 is 1.38 bits per heavy atom. The number of H-pyrrole nitrogens is 1. The molecular weight excluding hydrogens is 327 g/mol. The van der Waals surface area contributed by atoms with Gasteiger partial charge in [0, 0.05) is 18.8 Å². The molecule has 0 spiro atoms. The molecule has 2 heterocycles. The Morgan fingerprint density at radius 3 is 2.54 bits per heavy atom. The molecule has 2 atom stereocenters. The lowest BCUT2D eigenvalue weighted by atomic mass is 9.97. The van der Waals surface area contributed by atoms with E-state index in [0.717, 1.165) is 0 Å². The van der Waals surface area contributed by atoms with Crippen LogP contribution in [0.5, 0.6) is 0 Å². The topological polar surface area (TPSA) is 95.8 Å². The molecule has 2 rings (SSSR count). The Morgan fingerprint density at radius 2 is 2.04 bits per heavy atom. The first kappa shape index (κ1) is 18.0. The number of carbonyl (C=O) groups excluding carboxylic acids is 1. The average molecular weight is 345 g/mol. The van der Waals surface area contributed by atoms with Crippen molar-refractivity contribution in [2.75, 3.05) is 0 Å². The van der Waals surface area contributed by atoms with Crippen molar-refractivity contribution in [3.63, 3.8) is 0 Å². The van der Waals surface area contributed by atoms with Crippen molar-refractivity contribution < 1.29 is 23.1 Å². The molecule has 2 aromatic heterocycles. The van der Waals surface area contributed by atoms with E-state index < -0.39 is 30.1 Å². The lowest BCUT2D eigenvalue weighted by Gasteiger charge is -2.28. The first-order valence-corrected chi connectivity index (χ1v) is 7.19. The van der Waals surface area contributed by atoms with Crippen LogP contribution in [0.25, 0.3) is 11.3 Å². The van der Waals surface area contributed by atoms with Gasteiger partial charge in [0.15, 0.2) is 6.10 Å². The van der Waals surface area contributed by atoms with E-state index in [2.05, 4.69) is 20.6 Å². The summed E-state index contributed by atoms with van der Waals surface area (Å²) in [5.74, 6) is -1.39. The maximum atomic E-state index is 12.8. The highest BCUT2D eigenvalue weighted by molar-refractivity contribution is 5.99. The van der Waals surface area contributed by atoms with Gasteiger partial charge >= 0.3 is 6.18 Å². The fraction of sp³-hybridized carbons (Fsp3) is 0.500. The lowest BCUT2D eigenvalue weighted by Crippen LogP contribution is -2.52. The minimum atomic E-state index is -4.83. The average Bonchev–Trinajstić information content (AvgIpc) is 3.10. The number of aromatic amines is 1. The molecule has 0 aliphatic rings. The number of aliphatic hydroxyl groups is 1. The number of aromatic nitrogens is 4. The number of aryl methyl sites for hydroxylation is 1. The molecule has 0 aromatic carbocycles. The fourth-order valence-electron chi connectivity index (χ4n) is 2.27. The molecule has 0 unspecified atom stereocenters. The zero-order chi connectivity index (χ0) is 18.1. The Bertz CT molecular complexity index is 707. The predicted octanol–water partition coefficient (Wildman–Crippen LogP) is 1.49. The number of halogens is 3. The first-order valence-electron chi connectivity index (χ1n) is 7.19. The van der Waals surface area contributed by atoms with Gasteiger partial charge in [0.1, 0.15) is 0 Å². The number of aliphatic hydroxyl groups excluding tert-OH is 1. The van der Waals surface area contributed by atoms with E-state index in [9.17, 15) is 23.1 Å². The maximum absolute atomic E-state index is 12.8. The van der Waals surface area contributed by atoms with Crippen LogP contribution in [0.2, 0.25) is 0 Å². The van der Waals surface area contributed by atoms with Gasteiger partial charge in [-0.3, -0.25) is 14.6 Å². The third-order valence-corrected chi connectivity index (χ3v) is 3.57. The molecule has 0 fully saturated rings. The van der Waals surface area contributed by atoms with Crippen LogP contribution in [0, 0.1) is 5.92 Å². The van der Waals surface area contributed by atoms with Crippen LogP contribution in [-0.2, 0) is 7.05 Å². The van der Waals surface area contributed by atoms with Crippen LogP contribution in [0.4, 0.5) is 13.2 Å². The first-order chi connectivity index (χ1) is 11.1. The SMILES string of the molecule is CC(C)[C@H](NC(=O)c1cn[nH]c1-c1cnn(C)c1)[C@H](O)C(F)(F)F. The Labute approximate surface area is 135 Å². The van der Waals surface area contributed by atoms with Crippen molar-refractivity contribution in [3.05, 3.63) is 24.2 Å². The van der Waals surface area contributed by atoms with E-state index in [1.807, 2.05) is 0 Å². The highest BCUT2D eigenvalue weighted by Gasteiger charge is 2.45. The second kappa shape index (κ2) is 6.63. The standard InChI is InChI=1S/C14H18F3N5O2/c1-7(2)10(12(23)14(15,16)17)20-13(24)9-5-18-21-11(9)8-4-19-22(3)6-8/h4-7,10,12,23H,1-3H3,(H,18,21)(H,20,24)/t10-,12-/m0/s1. The molecular formula is C14H18F3N5O2. The Kier molecular flexibility index (Phi) is 4.97. The van der Waals surface area contributed by atoms with Crippen molar-refractivity contribution in [1.82, 2.24) is 25.3 Å². The highest BCUT2D eigenvalue weighted by atomic mass is 19.4.